The molecule has 36 heavy (non-hydrogen) atoms. The number of fused-ring (bicyclic) bond motifs is 1. The number of imidazole rings is 1. The monoisotopic (exact) mass is 513 g/mol. The summed E-state index contributed by atoms with van der Waals surface area (Å²) >= 11 is 1.14. The Kier molecular flexibility index (Phi) is 7.64. The van der Waals surface area contributed by atoms with Gasteiger partial charge in [0.15, 0.2) is 5.16 Å². The highest BCUT2D eigenvalue weighted by Gasteiger charge is 2.31. The lowest BCUT2D eigenvalue weighted by Gasteiger charge is -2.10. The van der Waals surface area contributed by atoms with Crippen LogP contribution in [0, 0.1) is 0 Å². The van der Waals surface area contributed by atoms with E-state index in [9.17, 15) is 22.8 Å². The number of aromatic nitrogens is 2. The van der Waals surface area contributed by atoms with Gasteiger partial charge in [-0.05, 0) is 41.5 Å². The van der Waals surface area contributed by atoms with Crippen LogP contribution in [0.5, 0.6) is 0 Å². The van der Waals surface area contributed by atoms with Crippen molar-refractivity contribution in [3.63, 3.8) is 0 Å². The highest BCUT2D eigenvalue weighted by molar-refractivity contribution is 7.99. The first-order chi connectivity index (χ1) is 17.2. The van der Waals surface area contributed by atoms with Crippen LogP contribution in [0.25, 0.3) is 11.0 Å². The van der Waals surface area contributed by atoms with Crippen molar-refractivity contribution in [2.24, 2.45) is 0 Å². The molecule has 0 aliphatic heterocycles. The molecule has 0 bridgehead atoms. The highest BCUT2D eigenvalue weighted by atomic mass is 32.2. The molecule has 1 aromatic heterocycles. The number of amides is 1. The molecule has 0 saturated heterocycles. The number of esters is 1. The number of thioether (sulfide) groups is 1. The predicted octanol–water partition coefficient (Wildman–Crippen LogP) is 5.30. The van der Waals surface area contributed by atoms with Crippen molar-refractivity contribution in [2.75, 3.05) is 12.9 Å². The first-order valence-electron chi connectivity index (χ1n) is 10.9. The topological polar surface area (TPSA) is 73.2 Å². The molecule has 186 valence electrons. The second-order valence-electron chi connectivity index (χ2n) is 7.92. The molecule has 0 aliphatic rings. The number of hydrogen-bond acceptors (Lipinski definition) is 5. The SMILES string of the molecule is COC(=O)c1cccc(CNC(=O)CSc2nc3cc(C(F)(F)F)ccc3n2Cc2ccccc2)c1. The van der Waals surface area contributed by atoms with E-state index in [2.05, 4.69) is 10.3 Å². The Hall–Kier alpha value is -3.79. The Morgan fingerprint density at radius 3 is 2.47 bits per heavy atom. The molecule has 0 saturated carbocycles. The molecular formula is C26H22F3N3O3S. The molecule has 1 N–H and O–H groups in total. The van der Waals surface area contributed by atoms with Crippen LogP contribution >= 0.6 is 11.8 Å². The number of halogens is 3. The Balaban J connectivity index is 1.50. The van der Waals surface area contributed by atoms with E-state index in [-0.39, 0.29) is 23.7 Å². The van der Waals surface area contributed by atoms with E-state index in [4.69, 9.17) is 4.74 Å². The molecule has 1 heterocycles. The molecule has 4 aromatic rings. The zero-order valence-electron chi connectivity index (χ0n) is 19.2. The minimum atomic E-state index is -4.48. The zero-order chi connectivity index (χ0) is 25.7. The number of rotatable bonds is 8. The van der Waals surface area contributed by atoms with Crippen molar-refractivity contribution in [2.45, 2.75) is 24.4 Å². The molecular weight excluding hydrogens is 491 g/mol. The van der Waals surface area contributed by atoms with Crippen LogP contribution in [0.2, 0.25) is 0 Å². The lowest BCUT2D eigenvalue weighted by molar-refractivity contribution is -0.137. The first kappa shape index (κ1) is 25.3. The standard InChI is InChI=1S/C26H22F3N3O3S/c1-35-24(34)19-9-5-8-18(12-19)14-30-23(33)16-36-25-31-21-13-20(26(27,28)29)10-11-22(21)32(25)15-17-6-3-2-4-7-17/h2-13H,14-16H2,1H3,(H,30,33). The van der Waals surface area contributed by atoms with E-state index < -0.39 is 17.7 Å². The zero-order valence-corrected chi connectivity index (χ0v) is 20.0. The average Bonchev–Trinajstić information content (AvgIpc) is 3.22. The molecule has 0 spiro atoms. The Bertz CT molecular complexity index is 1390. The molecule has 0 atom stereocenters. The predicted molar refractivity (Wildman–Crippen MR) is 131 cm³/mol. The van der Waals surface area contributed by atoms with Gasteiger partial charge in [-0.25, -0.2) is 9.78 Å². The first-order valence-corrected chi connectivity index (χ1v) is 11.9. The van der Waals surface area contributed by atoms with Crippen molar-refractivity contribution >= 4 is 34.7 Å². The number of benzene rings is 3. The minimum absolute atomic E-state index is 0.0148. The fourth-order valence-electron chi connectivity index (χ4n) is 3.62. The summed E-state index contributed by atoms with van der Waals surface area (Å²) in [6.45, 7) is 0.604. The van der Waals surface area contributed by atoms with Gasteiger partial charge in [0.05, 0.1) is 41.6 Å². The number of hydrogen-bond donors (Lipinski definition) is 1. The lowest BCUT2D eigenvalue weighted by Crippen LogP contribution is -2.24. The van der Waals surface area contributed by atoms with Gasteiger partial charge in [-0.3, -0.25) is 4.79 Å². The van der Waals surface area contributed by atoms with Crippen molar-refractivity contribution in [3.8, 4) is 0 Å². The average molecular weight is 514 g/mol. The largest absolute Gasteiger partial charge is 0.465 e. The molecule has 0 fully saturated rings. The summed E-state index contributed by atoms with van der Waals surface area (Å²) < 4.78 is 46.2. The number of alkyl halides is 3. The normalized spacial score (nSPS) is 11.4. The van der Waals surface area contributed by atoms with Crippen molar-refractivity contribution in [3.05, 3.63) is 95.1 Å². The molecule has 6 nitrogen and oxygen atoms in total. The maximum absolute atomic E-state index is 13.2. The Morgan fingerprint density at radius 2 is 1.75 bits per heavy atom. The van der Waals surface area contributed by atoms with E-state index in [1.165, 1.54) is 13.2 Å². The fraction of sp³-hybridized carbons (Fsp3) is 0.192. The van der Waals surface area contributed by atoms with E-state index in [0.29, 0.717) is 22.8 Å². The quantitative estimate of drug-likeness (QED) is 0.256. The second-order valence-corrected chi connectivity index (χ2v) is 8.87. The number of carbonyl (C=O) groups is 2. The number of nitrogens with zero attached hydrogens (tertiary/aromatic N) is 2. The summed E-state index contributed by atoms with van der Waals surface area (Å²) in [5, 5.41) is 3.23. The van der Waals surface area contributed by atoms with Crippen molar-refractivity contribution in [1.29, 1.82) is 0 Å². The van der Waals surface area contributed by atoms with E-state index in [0.717, 1.165) is 35.0 Å². The van der Waals surface area contributed by atoms with Crippen molar-refractivity contribution < 1.29 is 27.5 Å². The van der Waals surface area contributed by atoms with Crippen LogP contribution in [0.15, 0.2) is 78.0 Å². The van der Waals surface area contributed by atoms with Crippen LogP contribution < -0.4 is 5.32 Å². The molecule has 0 unspecified atom stereocenters. The summed E-state index contributed by atoms with van der Waals surface area (Å²) in [6.07, 6.45) is -4.48. The Labute approximate surface area is 209 Å². The summed E-state index contributed by atoms with van der Waals surface area (Å²) in [7, 11) is 1.29. The summed E-state index contributed by atoms with van der Waals surface area (Å²) in [5.41, 5.74) is 2.05. The van der Waals surface area contributed by atoms with Gasteiger partial charge in [-0.1, -0.05) is 54.2 Å². The molecule has 3 aromatic carbocycles. The van der Waals surface area contributed by atoms with Crippen LogP contribution in [0.4, 0.5) is 13.2 Å². The van der Waals surface area contributed by atoms with Gasteiger partial charge in [0.1, 0.15) is 0 Å². The van der Waals surface area contributed by atoms with E-state index in [1.807, 2.05) is 34.9 Å². The highest BCUT2D eigenvalue weighted by Crippen LogP contribution is 2.33. The van der Waals surface area contributed by atoms with Crippen molar-refractivity contribution in [1.82, 2.24) is 14.9 Å². The summed E-state index contributed by atoms with van der Waals surface area (Å²) in [6, 6.07) is 19.7. The third kappa shape index (κ3) is 6.06. The van der Waals surface area contributed by atoms with Crippen LogP contribution in [0.1, 0.15) is 27.0 Å². The van der Waals surface area contributed by atoms with Gasteiger partial charge >= 0.3 is 12.1 Å². The van der Waals surface area contributed by atoms with E-state index >= 15 is 0 Å². The van der Waals surface area contributed by atoms with Crippen LogP contribution in [-0.2, 0) is 28.8 Å². The van der Waals surface area contributed by atoms with E-state index in [1.54, 1.807) is 24.3 Å². The third-order valence-electron chi connectivity index (χ3n) is 5.39. The van der Waals surface area contributed by atoms with Gasteiger partial charge in [0.25, 0.3) is 0 Å². The van der Waals surface area contributed by atoms with Gasteiger partial charge in [-0.15, -0.1) is 0 Å². The van der Waals surface area contributed by atoms with Crippen LogP contribution in [-0.4, -0.2) is 34.3 Å². The van der Waals surface area contributed by atoms with Gasteiger partial charge in [0, 0.05) is 6.54 Å². The summed E-state index contributed by atoms with van der Waals surface area (Å²) in [4.78, 5) is 28.6. The molecule has 0 radical (unpaired) electrons. The summed E-state index contributed by atoms with van der Waals surface area (Å²) in [5.74, 6) is -0.733. The molecule has 1 amide bonds. The molecule has 0 aliphatic carbocycles. The number of carbonyl (C=O) groups excluding carboxylic acids is 2. The van der Waals surface area contributed by atoms with Gasteiger partial charge in [0.2, 0.25) is 5.91 Å². The van der Waals surface area contributed by atoms with Crippen LogP contribution in [0.3, 0.4) is 0 Å². The fourth-order valence-corrected chi connectivity index (χ4v) is 4.46. The third-order valence-corrected chi connectivity index (χ3v) is 6.37. The molecule has 10 heteroatoms. The number of methoxy groups -OCH3 is 1. The molecule has 4 rings (SSSR count). The Morgan fingerprint density at radius 1 is 1.00 bits per heavy atom. The maximum atomic E-state index is 13.2. The number of ether oxygens (including phenoxy) is 1. The number of nitrogens with one attached hydrogen (secondary N) is 1. The maximum Gasteiger partial charge on any atom is 0.416 e. The smallest absolute Gasteiger partial charge is 0.416 e. The second kappa shape index (κ2) is 10.9. The van der Waals surface area contributed by atoms with Gasteiger partial charge < -0.3 is 14.6 Å². The minimum Gasteiger partial charge on any atom is -0.465 e. The van der Waals surface area contributed by atoms with Gasteiger partial charge in [-0.2, -0.15) is 13.2 Å². The lowest BCUT2D eigenvalue weighted by atomic mass is 10.1.